The number of nitrogens with zero attached hydrogens (tertiary/aromatic N) is 2. The number of esters is 1. The Morgan fingerprint density at radius 1 is 1.03 bits per heavy atom. The fraction of sp³-hybridized carbons (Fsp3) is 0.130. The molecule has 2 heterocycles. The standard InChI is InChI=1S/C23H19N3O6/c1-25-21(28)19(20(24)26(23(25)30)12-14-7-3-2-4-8-14)16(27)13-31-22(29)18-11-15-9-5-6-10-17(15)32-18/h2-11H,12-13,24H2,1H3. The number of ketones is 1. The second-order valence-corrected chi connectivity index (χ2v) is 7.13. The molecule has 9 nitrogen and oxygen atoms in total. The molecule has 2 aromatic heterocycles. The van der Waals surface area contributed by atoms with E-state index in [0.717, 1.165) is 14.7 Å². The van der Waals surface area contributed by atoms with E-state index in [1.807, 2.05) is 6.07 Å². The van der Waals surface area contributed by atoms with E-state index < -0.39 is 35.2 Å². The fourth-order valence-corrected chi connectivity index (χ4v) is 3.32. The molecule has 0 atom stereocenters. The van der Waals surface area contributed by atoms with Crippen molar-refractivity contribution in [3.05, 3.63) is 98.4 Å². The van der Waals surface area contributed by atoms with Crippen LogP contribution in [0.2, 0.25) is 0 Å². The Bertz CT molecular complexity index is 1410. The molecule has 0 fully saturated rings. The van der Waals surface area contributed by atoms with Gasteiger partial charge in [-0.3, -0.25) is 18.7 Å². The first-order valence-corrected chi connectivity index (χ1v) is 9.69. The molecular weight excluding hydrogens is 414 g/mol. The third-order valence-corrected chi connectivity index (χ3v) is 5.01. The number of nitrogen functional groups attached to an aromatic ring is 1. The molecular formula is C23H19N3O6. The molecule has 4 rings (SSSR count). The van der Waals surface area contributed by atoms with Crippen molar-refractivity contribution in [3.8, 4) is 0 Å². The summed E-state index contributed by atoms with van der Waals surface area (Å²) in [4.78, 5) is 50.2. The molecule has 162 valence electrons. The molecule has 0 aliphatic heterocycles. The molecule has 0 amide bonds. The second kappa shape index (κ2) is 8.38. The van der Waals surface area contributed by atoms with Crippen LogP contribution in [0, 0.1) is 0 Å². The maximum Gasteiger partial charge on any atom is 0.374 e. The number of Topliss-reactive ketones (excluding diaryl/α,β-unsaturated/α-hetero) is 1. The number of rotatable bonds is 6. The van der Waals surface area contributed by atoms with Gasteiger partial charge in [0.15, 0.2) is 6.61 Å². The van der Waals surface area contributed by atoms with E-state index in [9.17, 15) is 19.2 Å². The summed E-state index contributed by atoms with van der Waals surface area (Å²) in [5.41, 5.74) is 5.36. The second-order valence-electron chi connectivity index (χ2n) is 7.13. The Kier molecular flexibility index (Phi) is 5.46. The van der Waals surface area contributed by atoms with E-state index >= 15 is 0 Å². The van der Waals surface area contributed by atoms with Crippen LogP contribution in [-0.2, 0) is 18.3 Å². The van der Waals surface area contributed by atoms with Crippen LogP contribution in [0.4, 0.5) is 5.82 Å². The molecule has 0 radical (unpaired) electrons. The zero-order chi connectivity index (χ0) is 22.8. The van der Waals surface area contributed by atoms with Crippen LogP contribution in [0.5, 0.6) is 0 Å². The molecule has 0 aliphatic carbocycles. The lowest BCUT2D eigenvalue weighted by Crippen LogP contribution is -2.43. The number of furan rings is 1. The highest BCUT2D eigenvalue weighted by Gasteiger charge is 2.23. The number of hydrogen-bond acceptors (Lipinski definition) is 7. The van der Waals surface area contributed by atoms with Crippen molar-refractivity contribution in [3.63, 3.8) is 0 Å². The maximum absolute atomic E-state index is 12.7. The number of aromatic nitrogens is 2. The predicted molar refractivity (Wildman–Crippen MR) is 117 cm³/mol. The van der Waals surface area contributed by atoms with Gasteiger partial charge < -0.3 is 14.9 Å². The third kappa shape index (κ3) is 3.83. The molecule has 0 saturated heterocycles. The number of ether oxygens (including phenoxy) is 1. The summed E-state index contributed by atoms with van der Waals surface area (Å²) in [6.45, 7) is -0.669. The van der Waals surface area contributed by atoms with Crippen molar-refractivity contribution in [2.75, 3.05) is 12.3 Å². The molecule has 32 heavy (non-hydrogen) atoms. The van der Waals surface area contributed by atoms with Gasteiger partial charge in [-0.2, -0.15) is 0 Å². The van der Waals surface area contributed by atoms with Crippen molar-refractivity contribution in [2.45, 2.75) is 6.54 Å². The van der Waals surface area contributed by atoms with Crippen LogP contribution < -0.4 is 17.0 Å². The number of anilines is 1. The molecule has 0 bridgehead atoms. The molecule has 2 aromatic carbocycles. The van der Waals surface area contributed by atoms with Gasteiger partial charge in [-0.05, 0) is 17.7 Å². The van der Waals surface area contributed by atoms with Gasteiger partial charge in [-0.25, -0.2) is 9.59 Å². The number of benzene rings is 2. The van der Waals surface area contributed by atoms with Gasteiger partial charge in [-0.15, -0.1) is 0 Å². The lowest BCUT2D eigenvalue weighted by atomic mass is 10.2. The SMILES string of the molecule is Cn1c(=O)c(C(=O)COC(=O)c2cc3ccccc3o2)c(N)n(Cc2ccccc2)c1=O. The van der Waals surface area contributed by atoms with Crippen molar-refractivity contribution < 1.29 is 18.7 Å². The van der Waals surface area contributed by atoms with E-state index in [2.05, 4.69) is 0 Å². The van der Waals surface area contributed by atoms with Gasteiger partial charge in [0, 0.05) is 12.4 Å². The number of fused-ring (bicyclic) bond motifs is 1. The Balaban J connectivity index is 1.59. The van der Waals surface area contributed by atoms with Crippen molar-refractivity contribution in [1.82, 2.24) is 9.13 Å². The summed E-state index contributed by atoms with van der Waals surface area (Å²) in [6.07, 6.45) is 0. The first kappa shape index (κ1) is 20.9. The largest absolute Gasteiger partial charge is 0.451 e. The smallest absolute Gasteiger partial charge is 0.374 e. The van der Waals surface area contributed by atoms with Crippen molar-refractivity contribution in [1.29, 1.82) is 0 Å². The van der Waals surface area contributed by atoms with Crippen molar-refractivity contribution in [2.24, 2.45) is 7.05 Å². The Morgan fingerprint density at radius 3 is 2.44 bits per heavy atom. The number of carbonyl (C=O) groups is 2. The molecule has 0 unspecified atom stereocenters. The summed E-state index contributed by atoms with van der Waals surface area (Å²) in [7, 11) is 1.25. The summed E-state index contributed by atoms with van der Waals surface area (Å²) in [6, 6.07) is 17.5. The molecule has 0 aliphatic rings. The maximum atomic E-state index is 12.7. The fourth-order valence-electron chi connectivity index (χ4n) is 3.32. The summed E-state index contributed by atoms with van der Waals surface area (Å²) < 4.78 is 12.4. The molecule has 2 N–H and O–H groups in total. The Labute approximate surface area is 181 Å². The average molecular weight is 433 g/mol. The van der Waals surface area contributed by atoms with Crippen molar-refractivity contribution >= 4 is 28.5 Å². The molecule has 0 saturated carbocycles. The minimum atomic E-state index is -0.860. The Hall–Kier alpha value is -4.40. The highest BCUT2D eigenvalue weighted by Crippen LogP contribution is 2.19. The van der Waals surface area contributed by atoms with Crippen LogP contribution in [0.1, 0.15) is 26.5 Å². The number of para-hydroxylation sites is 1. The monoisotopic (exact) mass is 433 g/mol. The van der Waals surface area contributed by atoms with Crippen LogP contribution in [0.3, 0.4) is 0 Å². The van der Waals surface area contributed by atoms with Gasteiger partial charge >= 0.3 is 11.7 Å². The van der Waals surface area contributed by atoms with E-state index in [1.54, 1.807) is 48.5 Å². The summed E-state index contributed by atoms with van der Waals surface area (Å²) >= 11 is 0. The van der Waals surface area contributed by atoms with Gasteiger partial charge in [0.05, 0.1) is 6.54 Å². The number of carbonyl (C=O) groups excluding carboxylic acids is 2. The van der Waals surface area contributed by atoms with Crippen LogP contribution in [-0.4, -0.2) is 27.5 Å². The topological polar surface area (TPSA) is 127 Å². The van der Waals surface area contributed by atoms with Gasteiger partial charge in [0.1, 0.15) is 17.0 Å². The van der Waals surface area contributed by atoms with E-state index in [0.29, 0.717) is 11.0 Å². The van der Waals surface area contributed by atoms with Gasteiger partial charge in [0.25, 0.3) is 5.56 Å². The predicted octanol–water partition coefficient (Wildman–Crippen LogP) is 1.96. The molecule has 9 heteroatoms. The molecule has 0 spiro atoms. The van der Waals surface area contributed by atoms with E-state index in [1.165, 1.54) is 13.1 Å². The zero-order valence-electron chi connectivity index (χ0n) is 17.1. The minimum Gasteiger partial charge on any atom is -0.451 e. The Morgan fingerprint density at radius 2 is 1.72 bits per heavy atom. The van der Waals surface area contributed by atoms with Crippen LogP contribution >= 0.6 is 0 Å². The number of nitrogens with two attached hydrogens (primary N) is 1. The lowest BCUT2D eigenvalue weighted by molar-refractivity contribution is 0.0445. The number of hydrogen-bond donors (Lipinski definition) is 1. The highest BCUT2D eigenvalue weighted by atomic mass is 16.5. The lowest BCUT2D eigenvalue weighted by Gasteiger charge is -2.14. The van der Waals surface area contributed by atoms with Crippen LogP contribution in [0.15, 0.2) is 74.7 Å². The minimum absolute atomic E-state index is 0.0681. The van der Waals surface area contributed by atoms with E-state index in [4.69, 9.17) is 14.9 Å². The zero-order valence-corrected chi connectivity index (χ0v) is 17.1. The van der Waals surface area contributed by atoms with Crippen LogP contribution in [0.25, 0.3) is 11.0 Å². The quantitative estimate of drug-likeness (QED) is 0.364. The highest BCUT2D eigenvalue weighted by molar-refractivity contribution is 6.02. The van der Waals surface area contributed by atoms with Gasteiger partial charge in [0.2, 0.25) is 11.5 Å². The first-order valence-electron chi connectivity index (χ1n) is 9.69. The third-order valence-electron chi connectivity index (χ3n) is 5.01. The normalized spacial score (nSPS) is 10.9. The molecule has 4 aromatic rings. The van der Waals surface area contributed by atoms with Gasteiger partial charge in [-0.1, -0.05) is 48.5 Å². The first-order chi connectivity index (χ1) is 15.4. The summed E-state index contributed by atoms with van der Waals surface area (Å²) in [5, 5.41) is 0.705. The average Bonchev–Trinajstić information content (AvgIpc) is 3.24. The van der Waals surface area contributed by atoms with E-state index in [-0.39, 0.29) is 18.1 Å². The summed E-state index contributed by atoms with van der Waals surface area (Å²) in [5.74, 6) is -2.04.